The van der Waals surface area contributed by atoms with E-state index in [0.29, 0.717) is 24.8 Å². The second-order valence-corrected chi connectivity index (χ2v) is 4.86. The number of nitrogen functional groups attached to an aromatic ring is 1. The van der Waals surface area contributed by atoms with Gasteiger partial charge in [-0.3, -0.25) is 0 Å². The third-order valence-electron chi connectivity index (χ3n) is 3.73. The Kier molecular flexibility index (Phi) is 3.20. The van der Waals surface area contributed by atoms with Gasteiger partial charge in [-0.2, -0.15) is 4.98 Å². The molecule has 0 atom stereocenters. The summed E-state index contributed by atoms with van der Waals surface area (Å²) < 4.78 is 16.6. The number of methoxy groups -OCH3 is 1. The van der Waals surface area contributed by atoms with Crippen molar-refractivity contribution in [1.82, 2.24) is 4.98 Å². The number of piperidine rings is 1. The first-order chi connectivity index (χ1) is 9.22. The van der Waals surface area contributed by atoms with E-state index in [1.54, 1.807) is 13.2 Å². The summed E-state index contributed by atoms with van der Waals surface area (Å²) in [7, 11) is 1.60. The highest BCUT2D eigenvalue weighted by Gasteiger charge is 2.40. The minimum Gasteiger partial charge on any atom is -0.481 e. The maximum atomic E-state index is 6.00. The zero-order chi connectivity index (χ0) is 13.3. The fraction of sp³-hybridized carbons (Fsp3) is 0.615. The van der Waals surface area contributed by atoms with E-state index >= 15 is 0 Å². The smallest absolute Gasteiger partial charge is 0.215 e. The van der Waals surface area contributed by atoms with E-state index in [1.807, 2.05) is 6.07 Å². The van der Waals surface area contributed by atoms with Gasteiger partial charge in [0.25, 0.3) is 0 Å². The summed E-state index contributed by atoms with van der Waals surface area (Å²) in [6.45, 7) is 3.04. The molecular formula is C13H19N3O3. The molecule has 2 aliphatic rings. The van der Waals surface area contributed by atoms with Crippen molar-refractivity contribution < 1.29 is 14.2 Å². The molecule has 3 rings (SSSR count). The van der Waals surface area contributed by atoms with Crippen molar-refractivity contribution >= 4 is 11.5 Å². The summed E-state index contributed by atoms with van der Waals surface area (Å²) in [4.78, 5) is 6.59. The lowest BCUT2D eigenvalue weighted by atomic mass is 10.0. The highest BCUT2D eigenvalue weighted by Crippen LogP contribution is 2.34. The number of ether oxygens (including phenoxy) is 3. The fourth-order valence-electron chi connectivity index (χ4n) is 2.65. The molecular weight excluding hydrogens is 246 g/mol. The molecule has 1 aromatic heterocycles. The van der Waals surface area contributed by atoms with E-state index in [2.05, 4.69) is 9.88 Å². The summed E-state index contributed by atoms with van der Waals surface area (Å²) in [6, 6.07) is 3.60. The molecule has 3 heterocycles. The molecule has 0 radical (unpaired) electrons. The van der Waals surface area contributed by atoms with Crippen LogP contribution in [0.3, 0.4) is 0 Å². The van der Waals surface area contributed by atoms with Crippen LogP contribution in [0.5, 0.6) is 5.88 Å². The molecule has 0 amide bonds. The Morgan fingerprint density at radius 3 is 2.58 bits per heavy atom. The van der Waals surface area contributed by atoms with Gasteiger partial charge in [-0.05, 0) is 6.07 Å². The topological polar surface area (TPSA) is 69.8 Å². The zero-order valence-electron chi connectivity index (χ0n) is 11.1. The Balaban J connectivity index is 1.74. The number of pyridine rings is 1. The largest absolute Gasteiger partial charge is 0.481 e. The Bertz CT molecular complexity index is 450. The molecule has 104 valence electrons. The molecule has 0 aliphatic carbocycles. The predicted octanol–water partition coefficient (Wildman–Crippen LogP) is 1.02. The first-order valence-corrected chi connectivity index (χ1v) is 6.56. The molecule has 2 fully saturated rings. The van der Waals surface area contributed by atoms with E-state index < -0.39 is 0 Å². The van der Waals surface area contributed by atoms with Gasteiger partial charge in [0, 0.05) is 32.0 Å². The molecule has 0 saturated carbocycles. The number of aromatic nitrogens is 1. The molecule has 6 heteroatoms. The number of rotatable bonds is 2. The highest BCUT2D eigenvalue weighted by molar-refractivity contribution is 5.63. The maximum absolute atomic E-state index is 6.00. The van der Waals surface area contributed by atoms with Crippen molar-refractivity contribution in [2.24, 2.45) is 0 Å². The molecule has 0 unspecified atom stereocenters. The van der Waals surface area contributed by atoms with Crippen molar-refractivity contribution in [2.75, 3.05) is 44.0 Å². The van der Waals surface area contributed by atoms with Gasteiger partial charge in [0.15, 0.2) is 11.6 Å². The van der Waals surface area contributed by atoms with Crippen molar-refractivity contribution in [3.63, 3.8) is 0 Å². The van der Waals surface area contributed by atoms with Gasteiger partial charge >= 0.3 is 0 Å². The van der Waals surface area contributed by atoms with Gasteiger partial charge in [0.2, 0.25) is 5.88 Å². The third kappa shape index (κ3) is 2.33. The summed E-state index contributed by atoms with van der Waals surface area (Å²) in [5.41, 5.74) is 6.67. The molecule has 2 saturated heterocycles. The third-order valence-corrected chi connectivity index (χ3v) is 3.73. The first kappa shape index (κ1) is 12.5. The van der Waals surface area contributed by atoms with Gasteiger partial charge in [-0.1, -0.05) is 0 Å². The summed E-state index contributed by atoms with van der Waals surface area (Å²) in [5.74, 6) is 0.995. The van der Waals surface area contributed by atoms with Crippen molar-refractivity contribution in [1.29, 1.82) is 0 Å². The molecule has 0 bridgehead atoms. The monoisotopic (exact) mass is 265 g/mol. The molecule has 2 aliphatic heterocycles. The number of nitrogens with two attached hydrogens (primary N) is 1. The van der Waals surface area contributed by atoms with Gasteiger partial charge in [-0.15, -0.1) is 0 Å². The lowest BCUT2D eigenvalue weighted by molar-refractivity contribution is -0.169. The van der Waals surface area contributed by atoms with Crippen LogP contribution in [-0.2, 0) is 9.47 Å². The van der Waals surface area contributed by atoms with E-state index in [4.69, 9.17) is 19.9 Å². The SMILES string of the molecule is COc1ccc(N)c(N2CCC3(CC2)OCCO3)n1. The molecule has 19 heavy (non-hydrogen) atoms. The molecule has 0 aromatic carbocycles. The van der Waals surface area contributed by atoms with Gasteiger partial charge in [0.05, 0.1) is 26.0 Å². The maximum Gasteiger partial charge on any atom is 0.215 e. The van der Waals surface area contributed by atoms with Gasteiger partial charge in [0.1, 0.15) is 0 Å². The van der Waals surface area contributed by atoms with Crippen LogP contribution >= 0.6 is 0 Å². The quantitative estimate of drug-likeness (QED) is 0.861. The summed E-state index contributed by atoms with van der Waals surface area (Å²) in [6.07, 6.45) is 1.68. The Morgan fingerprint density at radius 2 is 1.95 bits per heavy atom. The Morgan fingerprint density at radius 1 is 1.26 bits per heavy atom. The van der Waals surface area contributed by atoms with Crippen molar-refractivity contribution in [3.05, 3.63) is 12.1 Å². The average Bonchev–Trinajstić information content (AvgIpc) is 2.89. The second kappa shape index (κ2) is 4.86. The fourth-order valence-corrected chi connectivity index (χ4v) is 2.65. The summed E-state index contributed by atoms with van der Waals surface area (Å²) >= 11 is 0. The van der Waals surface area contributed by atoms with E-state index in [1.165, 1.54) is 0 Å². The van der Waals surface area contributed by atoms with E-state index in [-0.39, 0.29) is 5.79 Å². The first-order valence-electron chi connectivity index (χ1n) is 6.56. The van der Waals surface area contributed by atoms with Crippen LogP contribution in [0.15, 0.2) is 12.1 Å². The number of hydrogen-bond acceptors (Lipinski definition) is 6. The standard InChI is InChI=1S/C13H19N3O3/c1-17-11-3-2-10(14)12(15-11)16-6-4-13(5-7-16)18-8-9-19-13/h2-3H,4-9,14H2,1H3. The highest BCUT2D eigenvalue weighted by atomic mass is 16.7. The zero-order valence-corrected chi connectivity index (χ0v) is 11.1. The van der Waals surface area contributed by atoms with E-state index in [0.717, 1.165) is 31.7 Å². The molecule has 2 N–H and O–H groups in total. The minimum atomic E-state index is -0.371. The molecule has 1 spiro atoms. The second-order valence-electron chi connectivity index (χ2n) is 4.86. The predicted molar refractivity (Wildman–Crippen MR) is 71.3 cm³/mol. The molecule has 1 aromatic rings. The number of nitrogens with zero attached hydrogens (tertiary/aromatic N) is 2. The van der Waals surface area contributed by atoms with Crippen LogP contribution in [0.4, 0.5) is 11.5 Å². The van der Waals surface area contributed by atoms with Crippen LogP contribution in [-0.4, -0.2) is 44.2 Å². The van der Waals surface area contributed by atoms with E-state index in [9.17, 15) is 0 Å². The lowest BCUT2D eigenvalue weighted by Crippen LogP contribution is -2.45. The lowest BCUT2D eigenvalue weighted by Gasteiger charge is -2.38. The van der Waals surface area contributed by atoms with Gasteiger partial charge < -0.3 is 24.8 Å². The molecule has 6 nitrogen and oxygen atoms in total. The van der Waals surface area contributed by atoms with Crippen LogP contribution in [0.2, 0.25) is 0 Å². The van der Waals surface area contributed by atoms with Gasteiger partial charge in [-0.25, -0.2) is 0 Å². The van der Waals surface area contributed by atoms with Crippen LogP contribution < -0.4 is 15.4 Å². The Hall–Kier alpha value is -1.53. The van der Waals surface area contributed by atoms with Crippen LogP contribution in [0, 0.1) is 0 Å². The van der Waals surface area contributed by atoms with Crippen LogP contribution in [0.1, 0.15) is 12.8 Å². The average molecular weight is 265 g/mol. The van der Waals surface area contributed by atoms with Crippen molar-refractivity contribution in [3.8, 4) is 5.88 Å². The van der Waals surface area contributed by atoms with Crippen LogP contribution in [0.25, 0.3) is 0 Å². The number of anilines is 2. The number of hydrogen-bond donors (Lipinski definition) is 1. The minimum absolute atomic E-state index is 0.371. The van der Waals surface area contributed by atoms with Crippen molar-refractivity contribution in [2.45, 2.75) is 18.6 Å². The summed E-state index contributed by atoms with van der Waals surface area (Å²) in [5, 5.41) is 0. The normalized spacial score (nSPS) is 21.8. The Labute approximate surface area is 112 Å².